The van der Waals surface area contributed by atoms with E-state index < -0.39 is 0 Å². The van der Waals surface area contributed by atoms with Crippen molar-refractivity contribution in [1.29, 1.82) is 0 Å². The molecule has 1 N–H and O–H groups in total. The first kappa shape index (κ1) is 16.1. The molecule has 4 rings (SSSR count). The van der Waals surface area contributed by atoms with Crippen molar-refractivity contribution in [1.82, 2.24) is 0 Å². The fourth-order valence-corrected chi connectivity index (χ4v) is 3.69. The summed E-state index contributed by atoms with van der Waals surface area (Å²) < 4.78 is 13.4. The number of benzene rings is 2. The number of halogens is 2. The van der Waals surface area contributed by atoms with Crippen molar-refractivity contribution in [3.8, 4) is 0 Å². The molecular weight excluding hydrogens is 357 g/mol. The largest absolute Gasteiger partial charge is 0.325 e. The smallest absolute Gasteiger partial charge is 0.203 e. The summed E-state index contributed by atoms with van der Waals surface area (Å²) in [5.74, 6) is 0.501. The van der Waals surface area contributed by atoms with Crippen molar-refractivity contribution >= 4 is 40.3 Å². The van der Waals surface area contributed by atoms with Crippen molar-refractivity contribution in [3.05, 3.63) is 81.3 Å². The Kier molecular flexibility index (Phi) is 4.42. The van der Waals surface area contributed by atoms with Gasteiger partial charge in [0.05, 0.1) is 18.8 Å². The molecule has 0 unspecified atom stereocenters. The summed E-state index contributed by atoms with van der Waals surface area (Å²) in [6, 6.07) is 16.3. The van der Waals surface area contributed by atoms with E-state index in [1.165, 1.54) is 17.0 Å². The van der Waals surface area contributed by atoms with Crippen LogP contribution in [0.5, 0.6) is 0 Å². The summed E-state index contributed by atoms with van der Waals surface area (Å²) in [7, 11) is 0. The van der Waals surface area contributed by atoms with Gasteiger partial charge in [0.15, 0.2) is 0 Å². The minimum absolute atomic E-state index is 0.246. The van der Waals surface area contributed by atoms with Crippen LogP contribution in [0.3, 0.4) is 0 Å². The van der Waals surface area contributed by atoms with Gasteiger partial charge in [0.25, 0.3) is 0 Å². The van der Waals surface area contributed by atoms with Crippen molar-refractivity contribution in [2.75, 3.05) is 10.2 Å². The lowest BCUT2D eigenvalue weighted by molar-refractivity contribution is 0.625. The third-order valence-electron chi connectivity index (χ3n) is 3.99. The minimum Gasteiger partial charge on any atom is -0.325 e. The van der Waals surface area contributed by atoms with Crippen molar-refractivity contribution in [2.24, 2.45) is 4.99 Å². The second-order valence-electron chi connectivity index (χ2n) is 5.71. The Morgan fingerprint density at radius 1 is 1.16 bits per heavy atom. The van der Waals surface area contributed by atoms with Crippen molar-refractivity contribution < 1.29 is 4.39 Å². The Labute approximate surface area is 154 Å². The molecule has 0 amide bonds. The first-order valence-corrected chi connectivity index (χ1v) is 9.10. The summed E-state index contributed by atoms with van der Waals surface area (Å²) in [4.78, 5) is 8.05. The maximum Gasteiger partial charge on any atom is 0.203 e. The van der Waals surface area contributed by atoms with Gasteiger partial charge in [-0.3, -0.25) is 0 Å². The molecule has 0 atom stereocenters. The third-order valence-corrected chi connectivity index (χ3v) is 5.15. The molecule has 3 aromatic rings. The topological polar surface area (TPSA) is 27.6 Å². The SMILES string of the molecule is Fc1cccc(CN=C2Nc3ccsc3CN2c2ccc(Cl)cc2)c1. The Bertz CT molecular complexity index is 920. The highest BCUT2D eigenvalue weighted by Gasteiger charge is 2.23. The number of hydrogen-bond acceptors (Lipinski definition) is 2. The van der Waals surface area contributed by atoms with Gasteiger partial charge in [-0.15, -0.1) is 11.3 Å². The van der Waals surface area contributed by atoms with Gasteiger partial charge in [-0.1, -0.05) is 23.7 Å². The maximum atomic E-state index is 13.4. The van der Waals surface area contributed by atoms with Gasteiger partial charge in [-0.25, -0.2) is 9.38 Å². The molecule has 1 aliphatic heterocycles. The standard InChI is InChI=1S/C19H15ClFN3S/c20-14-4-6-16(7-5-14)24-12-18-17(8-9-25-18)23-19(24)22-11-13-2-1-3-15(21)10-13/h1-10H,11-12H2,(H,22,23). The molecule has 0 radical (unpaired) electrons. The van der Waals surface area contributed by atoms with Gasteiger partial charge >= 0.3 is 0 Å². The van der Waals surface area contributed by atoms with Crippen LogP contribution in [0, 0.1) is 5.82 Å². The summed E-state index contributed by atoms with van der Waals surface area (Å²) in [6.45, 7) is 1.15. The van der Waals surface area contributed by atoms with E-state index in [-0.39, 0.29) is 5.82 Å². The predicted molar refractivity (Wildman–Crippen MR) is 103 cm³/mol. The summed E-state index contributed by atoms with van der Waals surface area (Å²) in [5, 5.41) is 6.15. The number of guanidine groups is 1. The zero-order valence-electron chi connectivity index (χ0n) is 13.2. The number of nitrogens with one attached hydrogen (secondary N) is 1. The quantitative estimate of drug-likeness (QED) is 0.655. The molecule has 25 heavy (non-hydrogen) atoms. The molecule has 0 aliphatic carbocycles. The van der Waals surface area contributed by atoms with Crippen molar-refractivity contribution in [2.45, 2.75) is 13.1 Å². The molecule has 1 aromatic heterocycles. The zero-order valence-corrected chi connectivity index (χ0v) is 14.8. The summed E-state index contributed by atoms with van der Waals surface area (Å²) in [5.41, 5.74) is 2.92. The molecule has 6 heteroatoms. The number of nitrogens with zero attached hydrogens (tertiary/aromatic N) is 2. The van der Waals surface area contributed by atoms with Crippen LogP contribution in [0.1, 0.15) is 10.4 Å². The van der Waals surface area contributed by atoms with Gasteiger partial charge in [0.1, 0.15) is 5.82 Å². The van der Waals surface area contributed by atoms with Crippen LogP contribution in [0.15, 0.2) is 65.0 Å². The van der Waals surface area contributed by atoms with E-state index in [9.17, 15) is 4.39 Å². The summed E-state index contributed by atoms with van der Waals surface area (Å²) >= 11 is 7.72. The molecule has 0 saturated carbocycles. The van der Waals surface area contributed by atoms with Gasteiger partial charge in [0.2, 0.25) is 5.96 Å². The van der Waals surface area contributed by atoms with Crippen molar-refractivity contribution in [3.63, 3.8) is 0 Å². The first-order chi connectivity index (χ1) is 12.2. The number of thiophene rings is 1. The number of rotatable bonds is 3. The van der Waals surface area contributed by atoms with E-state index in [2.05, 4.69) is 26.7 Å². The van der Waals surface area contributed by atoms with Crippen LogP contribution in [0.25, 0.3) is 0 Å². The monoisotopic (exact) mass is 371 g/mol. The highest BCUT2D eigenvalue weighted by molar-refractivity contribution is 7.10. The average molecular weight is 372 g/mol. The Morgan fingerprint density at radius 3 is 2.80 bits per heavy atom. The lowest BCUT2D eigenvalue weighted by Crippen LogP contribution is -2.39. The fourth-order valence-electron chi connectivity index (χ4n) is 2.74. The van der Waals surface area contributed by atoms with E-state index in [0.29, 0.717) is 11.6 Å². The molecular formula is C19H15ClFN3S. The highest BCUT2D eigenvalue weighted by atomic mass is 35.5. The Balaban J connectivity index is 1.66. The van der Waals surface area contributed by atoms with E-state index in [0.717, 1.165) is 29.4 Å². The molecule has 0 bridgehead atoms. The van der Waals surface area contributed by atoms with Crippen LogP contribution in [-0.2, 0) is 13.1 Å². The number of fused-ring (bicyclic) bond motifs is 1. The van der Waals surface area contributed by atoms with Gasteiger partial charge in [-0.2, -0.15) is 0 Å². The van der Waals surface area contributed by atoms with Gasteiger partial charge < -0.3 is 10.2 Å². The third kappa shape index (κ3) is 3.52. The predicted octanol–water partition coefficient (Wildman–Crippen LogP) is 5.53. The van der Waals surface area contributed by atoms with Crippen LogP contribution < -0.4 is 10.2 Å². The molecule has 1 aliphatic rings. The number of aliphatic imine (C=N–C) groups is 1. The van der Waals surface area contributed by atoms with E-state index in [1.807, 2.05) is 30.3 Å². The molecule has 0 spiro atoms. The van der Waals surface area contributed by atoms with E-state index in [1.54, 1.807) is 17.4 Å². The number of hydrogen-bond donors (Lipinski definition) is 1. The zero-order chi connectivity index (χ0) is 17.2. The Hall–Kier alpha value is -2.37. The fraction of sp³-hybridized carbons (Fsp3) is 0.105. The van der Waals surface area contributed by atoms with Gasteiger partial charge in [0, 0.05) is 15.6 Å². The number of anilines is 2. The molecule has 2 aromatic carbocycles. The minimum atomic E-state index is -0.246. The van der Waals surface area contributed by atoms with Crippen LogP contribution >= 0.6 is 22.9 Å². The van der Waals surface area contributed by atoms with Gasteiger partial charge in [-0.05, 0) is 53.4 Å². The molecule has 0 saturated heterocycles. The molecule has 0 fully saturated rings. The van der Waals surface area contributed by atoms with E-state index >= 15 is 0 Å². The lowest BCUT2D eigenvalue weighted by atomic mass is 10.2. The van der Waals surface area contributed by atoms with Crippen LogP contribution in [0.2, 0.25) is 5.02 Å². The van der Waals surface area contributed by atoms with Crippen LogP contribution in [-0.4, -0.2) is 5.96 Å². The first-order valence-electron chi connectivity index (χ1n) is 7.84. The molecule has 126 valence electrons. The second-order valence-corrected chi connectivity index (χ2v) is 7.15. The van der Waals surface area contributed by atoms with E-state index in [4.69, 9.17) is 11.6 Å². The molecule has 3 nitrogen and oxygen atoms in total. The second kappa shape index (κ2) is 6.86. The maximum absolute atomic E-state index is 13.4. The normalized spacial score (nSPS) is 15.1. The molecule has 2 heterocycles. The van der Waals surface area contributed by atoms with Crippen LogP contribution in [0.4, 0.5) is 15.8 Å². The average Bonchev–Trinajstić information content (AvgIpc) is 3.07. The Morgan fingerprint density at radius 2 is 2.00 bits per heavy atom. The summed E-state index contributed by atoms with van der Waals surface area (Å²) in [6.07, 6.45) is 0. The highest BCUT2D eigenvalue weighted by Crippen LogP contribution is 2.31. The lowest BCUT2D eigenvalue weighted by Gasteiger charge is -2.31.